The van der Waals surface area contributed by atoms with Gasteiger partial charge in [-0.25, -0.2) is 0 Å². The van der Waals surface area contributed by atoms with Crippen molar-refractivity contribution < 1.29 is 23.7 Å². The zero-order valence-corrected chi connectivity index (χ0v) is 23.2. The number of nitro groups is 1. The number of ether oxygens (including phenoxy) is 1. The van der Waals surface area contributed by atoms with E-state index >= 15 is 4.11 Å². The number of hydrogen-bond donors (Lipinski definition) is 1. The van der Waals surface area contributed by atoms with Gasteiger partial charge in [-0.1, -0.05) is 42.5 Å². The van der Waals surface area contributed by atoms with E-state index in [1.165, 1.54) is 12.1 Å². The number of hydrogen-bond acceptors (Lipinski definition) is 7. The predicted octanol–water partition coefficient (Wildman–Crippen LogP) is 4.13. The van der Waals surface area contributed by atoms with E-state index in [0.717, 1.165) is 5.56 Å². The fourth-order valence-corrected chi connectivity index (χ4v) is 8.82. The predicted molar refractivity (Wildman–Crippen MR) is 144 cm³/mol. The standard InChI is InChI=1S/C27H32FN5O5Si/c1-18-25(39(2,3)28)24(11-13-31-17-20(12-14-34)29-30-31)38-27(18)22-15-21(33(36)37)9-10-23(22)32(26(27)35)16-19-7-5-4-6-8-19/h4-10,15,17-18,24-25,34H,11-14,16H2,1-3H3/t18-,24+,25-,27+/m1/s1. The molecule has 2 aliphatic heterocycles. The number of benzene rings is 2. The highest BCUT2D eigenvalue weighted by atomic mass is 28.4. The Morgan fingerprint density at radius 3 is 2.64 bits per heavy atom. The fourth-order valence-electron chi connectivity index (χ4n) is 6.28. The Hall–Kier alpha value is -3.48. The first-order valence-electron chi connectivity index (χ1n) is 13.1. The summed E-state index contributed by atoms with van der Waals surface area (Å²) in [7, 11) is -3.38. The number of amides is 1. The lowest BCUT2D eigenvalue weighted by Gasteiger charge is -2.31. The number of anilines is 1. The summed E-state index contributed by atoms with van der Waals surface area (Å²) in [6.07, 6.45) is 1.90. The molecule has 0 saturated carbocycles. The summed E-state index contributed by atoms with van der Waals surface area (Å²) in [4.78, 5) is 27.2. The maximum absolute atomic E-state index is 16.0. The van der Waals surface area contributed by atoms with E-state index in [0.29, 0.717) is 36.3 Å². The lowest BCUT2D eigenvalue weighted by Crippen LogP contribution is -2.45. The molecule has 39 heavy (non-hydrogen) atoms. The average molecular weight is 554 g/mol. The molecule has 12 heteroatoms. The van der Waals surface area contributed by atoms with Crippen molar-refractivity contribution in [3.8, 4) is 0 Å². The van der Waals surface area contributed by atoms with Crippen molar-refractivity contribution in [2.75, 3.05) is 11.5 Å². The van der Waals surface area contributed by atoms with Crippen LogP contribution in [0.3, 0.4) is 0 Å². The average Bonchev–Trinajstić information content (AvgIpc) is 3.53. The van der Waals surface area contributed by atoms with Crippen LogP contribution in [0.25, 0.3) is 0 Å². The Balaban J connectivity index is 1.54. The molecule has 1 aromatic heterocycles. The minimum Gasteiger partial charge on any atom is -0.396 e. The second-order valence-electron chi connectivity index (χ2n) is 10.8. The third kappa shape index (κ3) is 4.77. The van der Waals surface area contributed by atoms with Crippen molar-refractivity contribution in [3.05, 3.63) is 81.7 Å². The number of aliphatic hydroxyl groups is 1. The molecule has 5 rings (SSSR count). The van der Waals surface area contributed by atoms with Gasteiger partial charge in [0, 0.05) is 54.9 Å². The van der Waals surface area contributed by atoms with E-state index in [9.17, 15) is 14.9 Å². The number of aliphatic hydroxyl groups excluding tert-OH is 1. The lowest BCUT2D eigenvalue weighted by atomic mass is 9.82. The Morgan fingerprint density at radius 2 is 1.97 bits per heavy atom. The number of nitrogens with zero attached hydrogens (tertiary/aromatic N) is 5. The summed E-state index contributed by atoms with van der Waals surface area (Å²) < 4.78 is 24.3. The number of fused-ring (bicyclic) bond motifs is 2. The van der Waals surface area contributed by atoms with Gasteiger partial charge in [-0.15, -0.1) is 5.10 Å². The maximum atomic E-state index is 16.0. The quantitative estimate of drug-likeness (QED) is 0.183. The zero-order valence-electron chi connectivity index (χ0n) is 22.2. The smallest absolute Gasteiger partial charge is 0.269 e. The van der Waals surface area contributed by atoms with Gasteiger partial charge in [0.25, 0.3) is 11.6 Å². The van der Waals surface area contributed by atoms with Crippen LogP contribution >= 0.6 is 0 Å². The lowest BCUT2D eigenvalue weighted by molar-refractivity contribution is -0.385. The van der Waals surface area contributed by atoms with Crippen LogP contribution in [0.15, 0.2) is 54.7 Å². The van der Waals surface area contributed by atoms with E-state index in [4.69, 9.17) is 9.84 Å². The molecule has 3 heterocycles. The SMILES string of the molecule is C[C@@H]1[C@@H]([Si](C)(C)F)[C@H](CCn2cc(CCO)nn2)O[C@@]12C(=O)N(Cc1ccccc1)c1ccc([N+](=O)[O-])cc12. The van der Waals surface area contributed by atoms with Gasteiger partial charge in [0.2, 0.25) is 8.41 Å². The zero-order chi connectivity index (χ0) is 27.9. The molecule has 1 spiro atoms. The van der Waals surface area contributed by atoms with Crippen LogP contribution in [-0.4, -0.2) is 52.0 Å². The number of non-ortho nitro benzene ring substituents is 1. The molecule has 1 N–H and O–H groups in total. The highest BCUT2D eigenvalue weighted by Gasteiger charge is 2.66. The molecule has 0 aliphatic carbocycles. The second kappa shape index (κ2) is 10.2. The third-order valence-electron chi connectivity index (χ3n) is 7.94. The van der Waals surface area contributed by atoms with Crippen LogP contribution in [0.4, 0.5) is 15.5 Å². The number of halogens is 1. The number of nitro benzene ring substituents is 1. The summed E-state index contributed by atoms with van der Waals surface area (Å²) in [5.41, 5.74) is 0.295. The van der Waals surface area contributed by atoms with Crippen molar-refractivity contribution in [1.82, 2.24) is 15.0 Å². The summed E-state index contributed by atoms with van der Waals surface area (Å²) in [6.45, 7) is 5.68. The van der Waals surface area contributed by atoms with Gasteiger partial charge in [0.05, 0.1) is 29.0 Å². The van der Waals surface area contributed by atoms with Crippen molar-refractivity contribution in [2.45, 2.75) is 63.2 Å². The van der Waals surface area contributed by atoms with Gasteiger partial charge in [0.1, 0.15) is 0 Å². The Labute approximate surface area is 226 Å². The summed E-state index contributed by atoms with van der Waals surface area (Å²) >= 11 is 0. The number of carbonyl (C=O) groups excluding carboxylic acids is 1. The largest absolute Gasteiger partial charge is 0.396 e. The summed E-state index contributed by atoms with van der Waals surface area (Å²) in [5.74, 6) is -0.880. The molecule has 3 aromatic rings. The first kappa shape index (κ1) is 27.1. The Kier molecular flexibility index (Phi) is 7.12. The first-order valence-corrected chi connectivity index (χ1v) is 16.0. The molecule has 1 saturated heterocycles. The summed E-state index contributed by atoms with van der Waals surface area (Å²) in [6, 6.07) is 13.9. The van der Waals surface area contributed by atoms with Crippen LogP contribution < -0.4 is 4.90 Å². The first-order chi connectivity index (χ1) is 18.6. The topological polar surface area (TPSA) is 124 Å². The monoisotopic (exact) mass is 553 g/mol. The molecule has 2 aromatic carbocycles. The molecule has 0 unspecified atom stereocenters. The van der Waals surface area contributed by atoms with Crippen LogP contribution in [0.5, 0.6) is 0 Å². The van der Waals surface area contributed by atoms with Gasteiger partial charge in [-0.05, 0) is 31.1 Å². The molecular formula is C27H32FN5O5Si. The van der Waals surface area contributed by atoms with Crippen molar-refractivity contribution in [2.24, 2.45) is 5.92 Å². The van der Waals surface area contributed by atoms with Gasteiger partial charge >= 0.3 is 0 Å². The van der Waals surface area contributed by atoms with E-state index in [1.807, 2.05) is 37.3 Å². The molecule has 1 fully saturated rings. The van der Waals surface area contributed by atoms with Crippen LogP contribution in [0, 0.1) is 16.0 Å². The number of carbonyl (C=O) groups is 1. The Bertz CT molecular complexity index is 1380. The van der Waals surface area contributed by atoms with Gasteiger partial charge in [-0.3, -0.25) is 19.6 Å². The van der Waals surface area contributed by atoms with Gasteiger partial charge in [0.15, 0.2) is 5.60 Å². The van der Waals surface area contributed by atoms with E-state index in [-0.39, 0.29) is 24.7 Å². The van der Waals surface area contributed by atoms with E-state index in [2.05, 4.69) is 10.3 Å². The normalized spacial score (nSPS) is 24.5. The van der Waals surface area contributed by atoms with E-state index in [1.54, 1.807) is 34.9 Å². The van der Waals surface area contributed by atoms with Crippen LogP contribution in [-0.2, 0) is 34.6 Å². The van der Waals surface area contributed by atoms with Crippen LogP contribution in [0.2, 0.25) is 18.6 Å². The minimum absolute atomic E-state index is 0.0404. The summed E-state index contributed by atoms with van der Waals surface area (Å²) in [5, 5.41) is 29.0. The van der Waals surface area contributed by atoms with E-state index < -0.39 is 36.5 Å². The van der Waals surface area contributed by atoms with Crippen molar-refractivity contribution in [3.63, 3.8) is 0 Å². The second-order valence-corrected chi connectivity index (χ2v) is 14.6. The molecule has 0 radical (unpaired) electrons. The van der Waals surface area contributed by atoms with Crippen molar-refractivity contribution in [1.29, 1.82) is 0 Å². The number of aromatic nitrogens is 3. The molecule has 1 amide bonds. The molecule has 4 atom stereocenters. The maximum Gasteiger partial charge on any atom is 0.269 e. The number of aryl methyl sites for hydroxylation is 1. The molecule has 2 aliphatic rings. The molecule has 10 nitrogen and oxygen atoms in total. The highest BCUT2D eigenvalue weighted by Crippen LogP contribution is 2.60. The molecule has 206 valence electrons. The Morgan fingerprint density at radius 1 is 1.23 bits per heavy atom. The highest BCUT2D eigenvalue weighted by molar-refractivity contribution is 6.72. The van der Waals surface area contributed by atoms with Gasteiger partial charge < -0.3 is 18.9 Å². The molecule has 0 bridgehead atoms. The molecular weight excluding hydrogens is 521 g/mol. The number of rotatable bonds is 9. The van der Waals surface area contributed by atoms with Crippen molar-refractivity contribution >= 4 is 25.7 Å². The minimum atomic E-state index is -3.38. The fraction of sp³-hybridized carbons (Fsp3) is 0.444. The van der Waals surface area contributed by atoms with Crippen LogP contribution in [0.1, 0.15) is 30.2 Å². The van der Waals surface area contributed by atoms with Gasteiger partial charge in [-0.2, -0.15) is 0 Å². The third-order valence-corrected chi connectivity index (χ3v) is 10.4.